The molecule has 0 saturated heterocycles. The van der Waals surface area contributed by atoms with E-state index < -0.39 is 23.0 Å². The molecule has 0 spiro atoms. The van der Waals surface area contributed by atoms with E-state index in [1.807, 2.05) is 0 Å². The highest BCUT2D eigenvalue weighted by atomic mass is 19.2. The van der Waals surface area contributed by atoms with Crippen LogP contribution in [0.15, 0.2) is 41.3 Å². The van der Waals surface area contributed by atoms with Crippen molar-refractivity contribution in [3.63, 3.8) is 0 Å². The molecule has 27 heavy (non-hydrogen) atoms. The van der Waals surface area contributed by atoms with Crippen LogP contribution in [0.4, 0.5) is 24.8 Å². The lowest BCUT2D eigenvalue weighted by atomic mass is 10.1. The van der Waals surface area contributed by atoms with Gasteiger partial charge in [0.1, 0.15) is 6.20 Å². The van der Waals surface area contributed by atoms with Crippen LogP contribution in [0.2, 0.25) is 0 Å². The molecular weight excluding hydrogens is 361 g/mol. The predicted octanol–water partition coefficient (Wildman–Crippen LogP) is 2.65. The Bertz CT molecular complexity index is 1030. The summed E-state index contributed by atoms with van der Waals surface area (Å²) in [6.45, 7) is 1.46. The van der Waals surface area contributed by atoms with Crippen molar-refractivity contribution in [3.8, 4) is 0 Å². The molecule has 1 aromatic heterocycles. The fraction of sp³-hybridized carbons (Fsp3) is 0.167. The summed E-state index contributed by atoms with van der Waals surface area (Å²) >= 11 is 0. The third-order valence-corrected chi connectivity index (χ3v) is 4.01. The van der Waals surface area contributed by atoms with Gasteiger partial charge in [-0.25, -0.2) is 17.9 Å². The van der Waals surface area contributed by atoms with Gasteiger partial charge in [0, 0.05) is 5.69 Å². The van der Waals surface area contributed by atoms with Gasteiger partial charge in [0.05, 0.1) is 13.2 Å². The van der Waals surface area contributed by atoms with Gasteiger partial charge < -0.3 is 10.4 Å². The van der Waals surface area contributed by atoms with Gasteiger partial charge in [-0.2, -0.15) is 10.1 Å². The van der Waals surface area contributed by atoms with Crippen LogP contribution >= 0.6 is 0 Å². The zero-order chi connectivity index (χ0) is 19.6. The van der Waals surface area contributed by atoms with Crippen molar-refractivity contribution in [2.75, 3.05) is 5.32 Å². The number of aliphatic hydroxyl groups excluding tert-OH is 1. The Labute approximate surface area is 151 Å². The number of nitrogens with one attached hydrogen (secondary N) is 1. The first kappa shape index (κ1) is 18.6. The molecule has 2 aromatic carbocycles. The number of halogens is 3. The van der Waals surface area contributed by atoms with Gasteiger partial charge in [-0.3, -0.25) is 4.79 Å². The van der Waals surface area contributed by atoms with E-state index in [1.54, 1.807) is 25.1 Å². The van der Waals surface area contributed by atoms with Gasteiger partial charge in [0.15, 0.2) is 17.5 Å². The molecule has 0 aliphatic heterocycles. The van der Waals surface area contributed by atoms with Gasteiger partial charge in [0.2, 0.25) is 5.95 Å². The summed E-state index contributed by atoms with van der Waals surface area (Å²) in [5.41, 5.74) is 1.49. The standard InChI is InChI=1S/C18H15F3N4O2/c1-10-12(9-26)3-2-4-15(10)23-18-24-16(27)7-22-25(18)8-11-5-13(19)17(21)14(20)6-11/h2-7,26H,8-9H2,1H3,(H,23,24,27). The zero-order valence-electron chi connectivity index (χ0n) is 14.2. The van der Waals surface area contributed by atoms with Crippen LogP contribution < -0.4 is 10.9 Å². The van der Waals surface area contributed by atoms with Gasteiger partial charge in [0.25, 0.3) is 5.56 Å². The van der Waals surface area contributed by atoms with Crippen molar-refractivity contribution in [2.45, 2.75) is 20.1 Å². The van der Waals surface area contributed by atoms with Crippen molar-refractivity contribution in [1.82, 2.24) is 14.8 Å². The number of anilines is 2. The Morgan fingerprint density at radius 2 is 1.89 bits per heavy atom. The molecule has 9 heteroatoms. The average Bonchev–Trinajstić information content (AvgIpc) is 2.63. The summed E-state index contributed by atoms with van der Waals surface area (Å²) in [7, 11) is 0. The number of rotatable bonds is 5. The van der Waals surface area contributed by atoms with Gasteiger partial charge >= 0.3 is 0 Å². The molecule has 0 radical (unpaired) electrons. The van der Waals surface area contributed by atoms with E-state index in [0.717, 1.165) is 23.9 Å². The monoisotopic (exact) mass is 376 g/mol. The molecule has 3 rings (SSSR count). The van der Waals surface area contributed by atoms with Crippen LogP contribution in [-0.2, 0) is 13.2 Å². The summed E-state index contributed by atoms with van der Waals surface area (Å²) in [5, 5.41) is 16.2. The third kappa shape index (κ3) is 3.98. The lowest BCUT2D eigenvalue weighted by Gasteiger charge is -2.15. The summed E-state index contributed by atoms with van der Waals surface area (Å²) in [4.78, 5) is 15.4. The maximum Gasteiger partial charge on any atom is 0.293 e. The Morgan fingerprint density at radius 1 is 1.19 bits per heavy atom. The summed E-state index contributed by atoms with van der Waals surface area (Å²) in [6.07, 6.45) is 0.957. The second-order valence-electron chi connectivity index (χ2n) is 5.82. The smallest absolute Gasteiger partial charge is 0.293 e. The second-order valence-corrected chi connectivity index (χ2v) is 5.82. The van der Waals surface area contributed by atoms with E-state index in [1.165, 1.54) is 4.68 Å². The van der Waals surface area contributed by atoms with E-state index in [4.69, 9.17) is 0 Å². The minimum Gasteiger partial charge on any atom is -0.392 e. The SMILES string of the molecule is Cc1c(CO)cccc1Nc1nc(=O)cnn1Cc1cc(F)c(F)c(F)c1. The summed E-state index contributed by atoms with van der Waals surface area (Å²) < 4.78 is 41.2. The Balaban J connectivity index is 1.98. The molecule has 0 aliphatic carbocycles. The summed E-state index contributed by atoms with van der Waals surface area (Å²) in [5.74, 6) is -4.16. The molecule has 0 unspecified atom stereocenters. The maximum atomic E-state index is 13.4. The highest BCUT2D eigenvalue weighted by Crippen LogP contribution is 2.22. The fourth-order valence-corrected chi connectivity index (χ4v) is 2.56. The molecule has 0 atom stereocenters. The second kappa shape index (κ2) is 7.58. The quantitative estimate of drug-likeness (QED) is 0.670. The minimum atomic E-state index is -1.56. The number of aromatic nitrogens is 3. The van der Waals surface area contributed by atoms with Gasteiger partial charge in [-0.1, -0.05) is 12.1 Å². The topological polar surface area (TPSA) is 80.0 Å². The average molecular weight is 376 g/mol. The molecule has 0 aliphatic rings. The van der Waals surface area contributed by atoms with Crippen molar-refractivity contribution in [2.24, 2.45) is 0 Å². The Morgan fingerprint density at radius 3 is 2.56 bits per heavy atom. The van der Waals surface area contributed by atoms with Crippen LogP contribution in [-0.4, -0.2) is 19.9 Å². The normalized spacial score (nSPS) is 10.9. The molecule has 1 heterocycles. The molecule has 0 saturated carbocycles. The molecular formula is C18H15F3N4O2. The first-order valence-corrected chi connectivity index (χ1v) is 7.93. The van der Waals surface area contributed by atoms with Crippen LogP contribution in [0.5, 0.6) is 0 Å². The van der Waals surface area contributed by atoms with E-state index in [0.29, 0.717) is 11.3 Å². The first-order chi connectivity index (χ1) is 12.9. The highest BCUT2D eigenvalue weighted by molar-refractivity contribution is 5.60. The predicted molar refractivity (Wildman–Crippen MR) is 92.1 cm³/mol. The number of benzene rings is 2. The zero-order valence-corrected chi connectivity index (χ0v) is 14.2. The van der Waals surface area contributed by atoms with Crippen molar-refractivity contribution in [3.05, 3.63) is 81.0 Å². The van der Waals surface area contributed by atoms with E-state index in [9.17, 15) is 23.1 Å². The first-order valence-electron chi connectivity index (χ1n) is 7.93. The van der Waals surface area contributed by atoms with Crippen LogP contribution in [0.1, 0.15) is 16.7 Å². The molecule has 0 fully saturated rings. The van der Waals surface area contributed by atoms with Crippen molar-refractivity contribution < 1.29 is 18.3 Å². The maximum absolute atomic E-state index is 13.4. The molecule has 6 nitrogen and oxygen atoms in total. The van der Waals surface area contributed by atoms with E-state index >= 15 is 0 Å². The van der Waals surface area contributed by atoms with Gasteiger partial charge in [-0.15, -0.1) is 0 Å². The number of hydrogen-bond acceptors (Lipinski definition) is 5. The number of hydrogen-bond donors (Lipinski definition) is 2. The summed E-state index contributed by atoms with van der Waals surface area (Å²) in [6, 6.07) is 6.87. The van der Waals surface area contributed by atoms with Crippen molar-refractivity contribution >= 4 is 11.6 Å². The Kier molecular flexibility index (Phi) is 5.22. The molecule has 3 aromatic rings. The molecule has 0 amide bonds. The Hall–Kier alpha value is -3.20. The van der Waals surface area contributed by atoms with Crippen LogP contribution in [0.3, 0.4) is 0 Å². The minimum absolute atomic E-state index is 0.0332. The number of aliphatic hydroxyl groups is 1. The third-order valence-electron chi connectivity index (χ3n) is 4.01. The fourth-order valence-electron chi connectivity index (χ4n) is 2.56. The van der Waals surface area contributed by atoms with Crippen LogP contribution in [0.25, 0.3) is 0 Å². The molecule has 0 bridgehead atoms. The van der Waals surface area contributed by atoms with Crippen LogP contribution in [0, 0.1) is 24.4 Å². The molecule has 2 N–H and O–H groups in total. The van der Waals surface area contributed by atoms with Crippen molar-refractivity contribution in [1.29, 1.82) is 0 Å². The largest absolute Gasteiger partial charge is 0.392 e. The van der Waals surface area contributed by atoms with E-state index in [-0.39, 0.29) is 24.7 Å². The molecule has 140 valence electrons. The lowest BCUT2D eigenvalue weighted by Crippen LogP contribution is -2.19. The number of nitrogens with zero attached hydrogens (tertiary/aromatic N) is 3. The van der Waals surface area contributed by atoms with Gasteiger partial charge in [-0.05, 0) is 41.8 Å². The highest BCUT2D eigenvalue weighted by Gasteiger charge is 2.13. The lowest BCUT2D eigenvalue weighted by molar-refractivity contribution is 0.281. The van der Waals surface area contributed by atoms with E-state index in [2.05, 4.69) is 15.4 Å².